The Morgan fingerprint density at radius 1 is 1.11 bits per heavy atom. The van der Waals surface area contributed by atoms with Crippen LogP contribution in [0, 0.1) is 6.92 Å². The highest BCUT2D eigenvalue weighted by molar-refractivity contribution is 6.30. The van der Waals surface area contributed by atoms with Crippen LogP contribution in [-0.2, 0) is 16.9 Å². The maximum absolute atomic E-state index is 13.0. The molecule has 6 nitrogen and oxygen atoms in total. The summed E-state index contributed by atoms with van der Waals surface area (Å²) >= 11 is 5.92. The van der Waals surface area contributed by atoms with Crippen LogP contribution in [0.25, 0.3) is 11.5 Å². The topological polar surface area (TPSA) is 75.4 Å². The number of amides is 3. The van der Waals surface area contributed by atoms with E-state index in [9.17, 15) is 9.59 Å². The van der Waals surface area contributed by atoms with Crippen LogP contribution >= 0.6 is 11.6 Å². The number of imide groups is 1. The van der Waals surface area contributed by atoms with Gasteiger partial charge in [-0.1, -0.05) is 41.4 Å². The summed E-state index contributed by atoms with van der Waals surface area (Å²) in [5.41, 5.74) is 1.99. The average molecular weight is 396 g/mol. The van der Waals surface area contributed by atoms with Crippen molar-refractivity contribution in [2.75, 3.05) is 0 Å². The molecule has 1 atom stereocenters. The number of carbonyl (C=O) groups excluding carboxylic acids is 2. The molecule has 2 heterocycles. The smallest absolute Gasteiger partial charge is 0.325 e. The summed E-state index contributed by atoms with van der Waals surface area (Å²) < 4.78 is 5.53. The first-order chi connectivity index (χ1) is 13.4. The van der Waals surface area contributed by atoms with E-state index in [1.807, 2.05) is 31.2 Å². The van der Waals surface area contributed by atoms with Crippen molar-refractivity contribution in [3.8, 4) is 11.5 Å². The van der Waals surface area contributed by atoms with Gasteiger partial charge in [-0.15, -0.1) is 0 Å². The Hall–Kier alpha value is -3.12. The molecule has 4 rings (SSSR count). The maximum Gasteiger partial charge on any atom is 0.325 e. The number of benzene rings is 2. The molecule has 7 heteroatoms. The molecule has 1 aromatic heterocycles. The van der Waals surface area contributed by atoms with Gasteiger partial charge >= 0.3 is 6.03 Å². The second kappa shape index (κ2) is 6.80. The van der Waals surface area contributed by atoms with Crippen LogP contribution in [0.3, 0.4) is 0 Å². The maximum atomic E-state index is 13.0. The third-order valence-electron chi connectivity index (χ3n) is 4.87. The van der Waals surface area contributed by atoms with Gasteiger partial charge in [0, 0.05) is 10.6 Å². The molecule has 1 N–H and O–H groups in total. The van der Waals surface area contributed by atoms with Crippen molar-refractivity contribution < 1.29 is 14.0 Å². The fourth-order valence-corrected chi connectivity index (χ4v) is 3.32. The van der Waals surface area contributed by atoms with Gasteiger partial charge in [0.05, 0.1) is 12.2 Å². The Balaban J connectivity index is 1.55. The number of hydrogen-bond donors (Lipinski definition) is 1. The van der Waals surface area contributed by atoms with Gasteiger partial charge in [-0.25, -0.2) is 9.78 Å². The molecule has 3 amide bonds. The highest BCUT2D eigenvalue weighted by Crippen LogP contribution is 2.31. The van der Waals surface area contributed by atoms with Gasteiger partial charge in [-0.3, -0.25) is 9.69 Å². The van der Waals surface area contributed by atoms with Gasteiger partial charge < -0.3 is 9.73 Å². The van der Waals surface area contributed by atoms with Crippen molar-refractivity contribution in [1.82, 2.24) is 15.2 Å². The molecule has 2 aromatic carbocycles. The number of oxazole rings is 1. The minimum atomic E-state index is -1.15. The van der Waals surface area contributed by atoms with E-state index in [1.54, 1.807) is 31.2 Å². The summed E-state index contributed by atoms with van der Waals surface area (Å²) in [6.45, 7) is 3.71. The van der Waals surface area contributed by atoms with Crippen LogP contribution in [0.5, 0.6) is 0 Å². The molecule has 3 aromatic rings. The van der Waals surface area contributed by atoms with E-state index in [-0.39, 0.29) is 12.5 Å². The molecule has 1 fully saturated rings. The number of rotatable bonds is 4. The van der Waals surface area contributed by atoms with E-state index in [4.69, 9.17) is 16.0 Å². The number of nitrogens with zero attached hydrogens (tertiary/aromatic N) is 2. The standard InChI is InChI=1S/C21H18ClN3O3/c1-13-3-5-14(6-4-13)18-23-17(12-28-18)11-25-19(26)21(2,24-20(25)27)15-7-9-16(22)10-8-15/h3-10,12H,11H2,1-2H3,(H,24,27). The van der Waals surface area contributed by atoms with Gasteiger partial charge in [0.2, 0.25) is 5.89 Å². The number of aryl methyl sites for hydroxylation is 1. The zero-order valence-electron chi connectivity index (χ0n) is 15.4. The summed E-state index contributed by atoms with van der Waals surface area (Å²) in [5.74, 6) is 0.0993. The molecule has 1 aliphatic rings. The summed E-state index contributed by atoms with van der Waals surface area (Å²) in [4.78, 5) is 31.0. The van der Waals surface area contributed by atoms with E-state index in [0.717, 1.165) is 16.0 Å². The lowest BCUT2D eigenvalue weighted by molar-refractivity contribution is -0.131. The van der Waals surface area contributed by atoms with Crippen molar-refractivity contribution in [2.45, 2.75) is 25.9 Å². The van der Waals surface area contributed by atoms with E-state index < -0.39 is 11.6 Å². The van der Waals surface area contributed by atoms with Crippen LogP contribution in [0.15, 0.2) is 59.2 Å². The zero-order valence-corrected chi connectivity index (χ0v) is 16.2. The molecule has 28 heavy (non-hydrogen) atoms. The molecule has 0 aliphatic carbocycles. The minimum Gasteiger partial charge on any atom is -0.444 e. The van der Waals surface area contributed by atoms with Crippen LogP contribution in [-0.4, -0.2) is 21.8 Å². The molecule has 142 valence electrons. The quantitative estimate of drug-likeness (QED) is 0.669. The molecule has 0 bridgehead atoms. The highest BCUT2D eigenvalue weighted by Gasteiger charge is 2.49. The van der Waals surface area contributed by atoms with Crippen LogP contribution in [0.2, 0.25) is 5.02 Å². The lowest BCUT2D eigenvalue weighted by Crippen LogP contribution is -2.40. The van der Waals surface area contributed by atoms with Gasteiger partial charge in [-0.2, -0.15) is 0 Å². The third-order valence-corrected chi connectivity index (χ3v) is 5.12. The van der Waals surface area contributed by atoms with Gasteiger partial charge in [0.15, 0.2) is 0 Å². The molecule has 1 aliphatic heterocycles. The summed E-state index contributed by atoms with van der Waals surface area (Å²) in [5, 5.41) is 3.33. The summed E-state index contributed by atoms with van der Waals surface area (Å²) in [6.07, 6.45) is 1.47. The van der Waals surface area contributed by atoms with Crippen LogP contribution < -0.4 is 5.32 Å². The Labute approximate surface area is 167 Å². The molecule has 0 spiro atoms. The van der Waals surface area contributed by atoms with E-state index >= 15 is 0 Å². The predicted octanol–water partition coefficient (Wildman–Crippen LogP) is 4.27. The number of aromatic nitrogens is 1. The first kappa shape index (κ1) is 18.3. The monoisotopic (exact) mass is 395 g/mol. The van der Waals surface area contributed by atoms with Gasteiger partial charge in [-0.05, 0) is 43.7 Å². The predicted molar refractivity (Wildman–Crippen MR) is 105 cm³/mol. The van der Waals surface area contributed by atoms with E-state index in [2.05, 4.69) is 10.3 Å². The number of halogens is 1. The average Bonchev–Trinajstić information content (AvgIpc) is 3.22. The van der Waals surface area contributed by atoms with E-state index in [0.29, 0.717) is 22.2 Å². The number of nitrogens with one attached hydrogen (secondary N) is 1. The van der Waals surface area contributed by atoms with Crippen molar-refractivity contribution >= 4 is 23.5 Å². The molecule has 0 saturated carbocycles. The first-order valence-electron chi connectivity index (χ1n) is 8.78. The van der Waals surface area contributed by atoms with Crippen LogP contribution in [0.4, 0.5) is 4.79 Å². The lowest BCUT2D eigenvalue weighted by atomic mass is 9.92. The largest absolute Gasteiger partial charge is 0.444 e. The molecule has 1 unspecified atom stereocenters. The van der Waals surface area contributed by atoms with E-state index in [1.165, 1.54) is 6.26 Å². The normalized spacial score (nSPS) is 19.2. The summed E-state index contributed by atoms with van der Waals surface area (Å²) in [7, 11) is 0. The molecule has 0 radical (unpaired) electrons. The van der Waals surface area contributed by atoms with Gasteiger partial charge in [0.25, 0.3) is 5.91 Å². The Kier molecular flexibility index (Phi) is 4.43. The second-order valence-corrected chi connectivity index (χ2v) is 7.40. The first-order valence-corrected chi connectivity index (χ1v) is 9.16. The Bertz CT molecular complexity index is 1040. The number of carbonyl (C=O) groups is 2. The van der Waals surface area contributed by atoms with Crippen molar-refractivity contribution in [3.05, 3.63) is 76.6 Å². The SMILES string of the molecule is Cc1ccc(-c2nc(CN3C(=O)NC(C)(c4ccc(Cl)cc4)C3=O)co2)cc1. The number of hydrogen-bond acceptors (Lipinski definition) is 4. The highest BCUT2D eigenvalue weighted by atomic mass is 35.5. The molecular formula is C21H18ClN3O3. The molecule has 1 saturated heterocycles. The Morgan fingerprint density at radius 3 is 2.46 bits per heavy atom. The Morgan fingerprint density at radius 2 is 1.79 bits per heavy atom. The number of urea groups is 1. The second-order valence-electron chi connectivity index (χ2n) is 6.96. The van der Waals surface area contributed by atoms with Crippen molar-refractivity contribution in [1.29, 1.82) is 0 Å². The third kappa shape index (κ3) is 3.16. The van der Waals surface area contributed by atoms with Crippen molar-refractivity contribution in [3.63, 3.8) is 0 Å². The molecular weight excluding hydrogens is 378 g/mol. The van der Waals surface area contributed by atoms with Crippen LogP contribution in [0.1, 0.15) is 23.7 Å². The fraction of sp³-hybridized carbons (Fsp3) is 0.190. The lowest BCUT2D eigenvalue weighted by Gasteiger charge is -2.22. The minimum absolute atomic E-state index is 0.0310. The summed E-state index contributed by atoms with van der Waals surface area (Å²) in [6, 6.07) is 14.1. The fourth-order valence-electron chi connectivity index (χ4n) is 3.19. The van der Waals surface area contributed by atoms with Gasteiger partial charge in [0.1, 0.15) is 11.8 Å². The van der Waals surface area contributed by atoms with Crippen molar-refractivity contribution in [2.24, 2.45) is 0 Å². The zero-order chi connectivity index (χ0) is 19.9.